The van der Waals surface area contributed by atoms with E-state index in [0.29, 0.717) is 16.5 Å². The van der Waals surface area contributed by atoms with Gasteiger partial charge in [-0.1, -0.05) is 0 Å². The van der Waals surface area contributed by atoms with Crippen LogP contribution in [0.15, 0.2) is 18.3 Å². The molecule has 2 N–H and O–H groups in total. The molecule has 0 aliphatic heterocycles. The minimum Gasteiger partial charge on any atom is -0.507 e. The molecule has 1 aromatic heterocycles. The van der Waals surface area contributed by atoms with Gasteiger partial charge in [0.05, 0.1) is 28.8 Å². The Morgan fingerprint density at radius 1 is 1.50 bits per heavy atom. The van der Waals surface area contributed by atoms with Crippen LogP contribution in [0.1, 0.15) is 24.2 Å². The highest BCUT2D eigenvalue weighted by Gasteiger charge is 2.13. The number of phenolic OH excluding ortho intramolecular Hbond substituents is 1. The van der Waals surface area contributed by atoms with Gasteiger partial charge in [-0.3, -0.25) is 5.10 Å². The molecule has 0 radical (unpaired) electrons. The topological polar surface area (TPSA) is 75.2 Å². The Balaban J connectivity index is 2.41. The number of ether oxygens (including phenoxy) is 1. The van der Waals surface area contributed by atoms with Gasteiger partial charge >= 0.3 is 5.97 Å². The normalized spacial score (nSPS) is 10.9. The molecule has 0 aliphatic rings. The smallest absolute Gasteiger partial charge is 0.338 e. The van der Waals surface area contributed by atoms with Gasteiger partial charge in [-0.2, -0.15) is 5.10 Å². The molecule has 1 aromatic carbocycles. The number of aromatic hydroxyl groups is 1. The number of carbonyl (C=O) groups excluding carboxylic acids is 1. The molecule has 0 atom stereocenters. The second-order valence-electron chi connectivity index (χ2n) is 3.78. The molecule has 0 fully saturated rings. The molecule has 0 aliphatic carbocycles. The zero-order valence-electron chi connectivity index (χ0n) is 9.02. The number of esters is 1. The highest BCUT2D eigenvalue weighted by molar-refractivity contribution is 5.96. The minimum absolute atomic E-state index is 0.0157. The van der Waals surface area contributed by atoms with Gasteiger partial charge in [0.15, 0.2) is 0 Å². The largest absolute Gasteiger partial charge is 0.507 e. The number of carbonyl (C=O) groups is 1. The summed E-state index contributed by atoms with van der Waals surface area (Å²) in [5, 5.41) is 16.7. The van der Waals surface area contributed by atoms with Gasteiger partial charge < -0.3 is 9.84 Å². The van der Waals surface area contributed by atoms with E-state index in [2.05, 4.69) is 10.2 Å². The van der Waals surface area contributed by atoms with Gasteiger partial charge in [-0.05, 0) is 26.0 Å². The molecule has 0 saturated carbocycles. The van der Waals surface area contributed by atoms with E-state index in [9.17, 15) is 9.90 Å². The molecule has 0 amide bonds. The predicted octanol–water partition coefficient (Wildman–Crippen LogP) is 1.83. The summed E-state index contributed by atoms with van der Waals surface area (Å²) in [7, 11) is 0. The Morgan fingerprint density at radius 3 is 2.94 bits per heavy atom. The fraction of sp³-hybridized carbons (Fsp3) is 0.273. The molecule has 5 nitrogen and oxygen atoms in total. The van der Waals surface area contributed by atoms with Gasteiger partial charge in [0.1, 0.15) is 5.75 Å². The lowest BCUT2D eigenvalue weighted by Gasteiger charge is -2.08. The Kier molecular flexibility index (Phi) is 2.52. The van der Waals surface area contributed by atoms with Crippen molar-refractivity contribution >= 4 is 16.9 Å². The number of nitrogens with zero attached hydrogens (tertiary/aromatic N) is 1. The third kappa shape index (κ3) is 1.84. The number of aromatic nitrogens is 2. The van der Waals surface area contributed by atoms with Crippen molar-refractivity contribution in [3.05, 3.63) is 23.9 Å². The van der Waals surface area contributed by atoms with E-state index in [1.165, 1.54) is 12.3 Å². The molecule has 5 heteroatoms. The van der Waals surface area contributed by atoms with Gasteiger partial charge in [-0.15, -0.1) is 0 Å². The fourth-order valence-electron chi connectivity index (χ4n) is 1.43. The van der Waals surface area contributed by atoms with E-state index in [0.717, 1.165) is 0 Å². The highest BCUT2D eigenvalue weighted by Crippen LogP contribution is 2.25. The van der Waals surface area contributed by atoms with E-state index in [4.69, 9.17) is 4.74 Å². The molecule has 0 unspecified atom stereocenters. The van der Waals surface area contributed by atoms with Crippen LogP contribution in [0.3, 0.4) is 0 Å². The lowest BCUT2D eigenvalue weighted by atomic mass is 10.1. The monoisotopic (exact) mass is 220 g/mol. The van der Waals surface area contributed by atoms with Crippen molar-refractivity contribution in [1.29, 1.82) is 0 Å². The van der Waals surface area contributed by atoms with Crippen LogP contribution in [-0.4, -0.2) is 27.4 Å². The van der Waals surface area contributed by atoms with Crippen LogP contribution in [0.2, 0.25) is 0 Å². The fourth-order valence-corrected chi connectivity index (χ4v) is 1.43. The Bertz CT molecular complexity index is 531. The number of phenols is 1. The van der Waals surface area contributed by atoms with E-state index < -0.39 is 5.97 Å². The number of hydrogen-bond donors (Lipinski definition) is 2. The molecular weight excluding hydrogens is 208 g/mol. The van der Waals surface area contributed by atoms with Crippen LogP contribution in [0.5, 0.6) is 5.75 Å². The molecule has 0 spiro atoms. The summed E-state index contributed by atoms with van der Waals surface area (Å²) in [4.78, 5) is 11.6. The summed E-state index contributed by atoms with van der Waals surface area (Å²) in [6.07, 6.45) is 1.31. The number of benzene rings is 1. The van der Waals surface area contributed by atoms with Crippen LogP contribution >= 0.6 is 0 Å². The van der Waals surface area contributed by atoms with Crippen LogP contribution in [0, 0.1) is 0 Å². The summed E-state index contributed by atoms with van der Waals surface area (Å²) >= 11 is 0. The second kappa shape index (κ2) is 3.84. The molecule has 1 heterocycles. The Hall–Kier alpha value is -2.04. The first kappa shape index (κ1) is 10.5. The van der Waals surface area contributed by atoms with E-state index in [-0.39, 0.29) is 11.9 Å². The quantitative estimate of drug-likeness (QED) is 0.757. The molecular formula is C11H12N2O3. The zero-order valence-corrected chi connectivity index (χ0v) is 9.02. The first-order valence-corrected chi connectivity index (χ1v) is 4.95. The van der Waals surface area contributed by atoms with Crippen molar-refractivity contribution in [3.63, 3.8) is 0 Å². The van der Waals surface area contributed by atoms with Gasteiger partial charge in [0.25, 0.3) is 0 Å². The third-order valence-electron chi connectivity index (χ3n) is 2.12. The molecule has 84 valence electrons. The van der Waals surface area contributed by atoms with Crippen LogP contribution in [0.25, 0.3) is 10.9 Å². The second-order valence-corrected chi connectivity index (χ2v) is 3.78. The van der Waals surface area contributed by atoms with Crippen molar-refractivity contribution < 1.29 is 14.6 Å². The van der Waals surface area contributed by atoms with Crippen molar-refractivity contribution in [1.82, 2.24) is 10.2 Å². The predicted molar refractivity (Wildman–Crippen MR) is 58.3 cm³/mol. The third-order valence-corrected chi connectivity index (χ3v) is 2.12. The molecule has 16 heavy (non-hydrogen) atoms. The van der Waals surface area contributed by atoms with Crippen LogP contribution in [0.4, 0.5) is 0 Å². The standard InChI is InChI=1S/C11H12N2O3/c1-6(2)16-11(15)7-3-9-8(5-12-13-9)10(14)4-7/h3-6,14H,1-2H3,(H,12,13). The number of H-pyrrole nitrogens is 1. The first-order chi connectivity index (χ1) is 7.58. The lowest BCUT2D eigenvalue weighted by Crippen LogP contribution is -2.11. The van der Waals surface area contributed by atoms with Crippen molar-refractivity contribution in [2.24, 2.45) is 0 Å². The zero-order chi connectivity index (χ0) is 11.7. The average Bonchev–Trinajstić information content (AvgIpc) is 2.64. The summed E-state index contributed by atoms with van der Waals surface area (Å²) in [5.41, 5.74) is 0.915. The summed E-state index contributed by atoms with van der Waals surface area (Å²) < 4.78 is 5.03. The van der Waals surface area contributed by atoms with Crippen molar-refractivity contribution in [3.8, 4) is 5.75 Å². The molecule has 2 rings (SSSR count). The van der Waals surface area contributed by atoms with E-state index >= 15 is 0 Å². The minimum atomic E-state index is -0.457. The number of nitrogens with one attached hydrogen (secondary N) is 1. The molecule has 0 bridgehead atoms. The maximum absolute atomic E-state index is 11.6. The first-order valence-electron chi connectivity index (χ1n) is 4.95. The van der Waals surface area contributed by atoms with Crippen molar-refractivity contribution in [2.45, 2.75) is 20.0 Å². The number of aromatic amines is 1. The van der Waals surface area contributed by atoms with Crippen LogP contribution in [-0.2, 0) is 4.74 Å². The number of fused-ring (bicyclic) bond motifs is 1. The maximum atomic E-state index is 11.6. The van der Waals surface area contributed by atoms with Gasteiger partial charge in [0, 0.05) is 0 Å². The SMILES string of the molecule is CC(C)OC(=O)c1cc(O)c2cn[nH]c2c1. The van der Waals surface area contributed by atoms with E-state index in [1.807, 2.05) is 0 Å². The van der Waals surface area contributed by atoms with E-state index in [1.54, 1.807) is 19.9 Å². The summed E-state index contributed by atoms with van der Waals surface area (Å²) in [6, 6.07) is 2.98. The van der Waals surface area contributed by atoms with Gasteiger partial charge in [0.2, 0.25) is 0 Å². The summed E-state index contributed by atoms with van der Waals surface area (Å²) in [5.74, 6) is -0.441. The molecule has 2 aromatic rings. The molecule has 0 saturated heterocycles. The maximum Gasteiger partial charge on any atom is 0.338 e. The Morgan fingerprint density at radius 2 is 2.25 bits per heavy atom. The van der Waals surface area contributed by atoms with Crippen LogP contribution < -0.4 is 0 Å². The lowest BCUT2D eigenvalue weighted by molar-refractivity contribution is 0.0377. The average molecular weight is 220 g/mol. The summed E-state index contributed by atoms with van der Waals surface area (Å²) in [6.45, 7) is 3.54. The Labute approximate surface area is 92.0 Å². The number of hydrogen-bond acceptors (Lipinski definition) is 4. The number of rotatable bonds is 2. The highest BCUT2D eigenvalue weighted by atomic mass is 16.5. The van der Waals surface area contributed by atoms with Crippen molar-refractivity contribution in [2.75, 3.05) is 0 Å². The van der Waals surface area contributed by atoms with Gasteiger partial charge in [-0.25, -0.2) is 4.79 Å².